The molecule has 0 radical (unpaired) electrons. The Morgan fingerprint density at radius 1 is 1.37 bits per heavy atom. The first-order valence-corrected chi connectivity index (χ1v) is 7.08. The molecule has 0 spiro atoms. The van der Waals surface area contributed by atoms with Crippen LogP contribution in [0.1, 0.15) is 10.5 Å². The molecule has 1 aromatic heterocycles. The van der Waals surface area contributed by atoms with Gasteiger partial charge < -0.3 is 10.1 Å². The number of rotatable bonds is 5. The van der Waals surface area contributed by atoms with Gasteiger partial charge in [0, 0.05) is 17.8 Å². The van der Waals surface area contributed by atoms with Crippen molar-refractivity contribution in [2.24, 2.45) is 0 Å². The zero-order chi connectivity index (χ0) is 13.7. The first-order chi connectivity index (χ1) is 9.24. The third kappa shape index (κ3) is 3.52. The van der Waals surface area contributed by atoms with E-state index in [-0.39, 0.29) is 11.9 Å². The first kappa shape index (κ1) is 14.0. The SMILES string of the molecule is COCC(CBr)NC(=O)c1ccc2ccccc2n1. The number of nitrogens with zero attached hydrogens (tertiary/aromatic N) is 1. The molecule has 0 saturated heterocycles. The molecule has 0 aliphatic carbocycles. The van der Waals surface area contributed by atoms with E-state index in [1.54, 1.807) is 13.2 Å². The highest BCUT2D eigenvalue weighted by molar-refractivity contribution is 9.09. The standard InChI is InChI=1S/C14H15BrN2O2/c1-19-9-11(8-15)16-14(18)13-7-6-10-4-2-3-5-12(10)17-13/h2-7,11H,8-9H2,1H3,(H,16,18). The van der Waals surface area contributed by atoms with E-state index in [2.05, 4.69) is 26.2 Å². The molecular weight excluding hydrogens is 308 g/mol. The summed E-state index contributed by atoms with van der Waals surface area (Å²) < 4.78 is 5.04. The number of pyridine rings is 1. The van der Waals surface area contributed by atoms with Crippen LogP contribution in [0.25, 0.3) is 10.9 Å². The lowest BCUT2D eigenvalue weighted by Gasteiger charge is -2.14. The molecule has 0 fully saturated rings. The molecule has 5 heteroatoms. The van der Waals surface area contributed by atoms with Crippen molar-refractivity contribution in [2.75, 3.05) is 19.0 Å². The fourth-order valence-corrected chi connectivity index (χ4v) is 2.13. The van der Waals surface area contributed by atoms with Gasteiger partial charge >= 0.3 is 0 Å². The van der Waals surface area contributed by atoms with Gasteiger partial charge in [-0.15, -0.1) is 0 Å². The second-order valence-electron chi connectivity index (χ2n) is 4.17. The Kier molecular flexibility index (Phi) is 4.87. The van der Waals surface area contributed by atoms with Gasteiger partial charge in [-0.2, -0.15) is 0 Å². The van der Waals surface area contributed by atoms with E-state index in [4.69, 9.17) is 4.74 Å². The number of carbonyl (C=O) groups excluding carboxylic acids is 1. The van der Waals surface area contributed by atoms with Crippen LogP contribution < -0.4 is 5.32 Å². The number of amides is 1. The molecule has 2 aromatic rings. The fraction of sp³-hybridized carbons (Fsp3) is 0.286. The number of aromatic nitrogens is 1. The quantitative estimate of drug-likeness (QED) is 0.860. The molecule has 4 nitrogen and oxygen atoms in total. The summed E-state index contributed by atoms with van der Waals surface area (Å²) in [6.07, 6.45) is 0. The van der Waals surface area contributed by atoms with Crippen molar-refractivity contribution in [2.45, 2.75) is 6.04 Å². The molecule has 0 bridgehead atoms. The predicted octanol–water partition coefficient (Wildman–Crippen LogP) is 2.37. The number of para-hydroxylation sites is 1. The van der Waals surface area contributed by atoms with Gasteiger partial charge in [0.15, 0.2) is 0 Å². The Balaban J connectivity index is 2.16. The summed E-state index contributed by atoms with van der Waals surface area (Å²) in [5.74, 6) is -0.188. The van der Waals surface area contributed by atoms with Gasteiger partial charge in [-0.1, -0.05) is 40.2 Å². The maximum absolute atomic E-state index is 12.1. The number of fused-ring (bicyclic) bond motifs is 1. The molecule has 1 unspecified atom stereocenters. The van der Waals surface area contributed by atoms with Crippen molar-refractivity contribution < 1.29 is 9.53 Å². The molecule has 100 valence electrons. The molecule has 1 amide bonds. The van der Waals surface area contributed by atoms with Crippen LogP contribution in [0.4, 0.5) is 0 Å². The van der Waals surface area contributed by atoms with E-state index in [1.807, 2.05) is 30.3 Å². The third-order valence-corrected chi connectivity index (χ3v) is 3.50. The highest BCUT2D eigenvalue weighted by Gasteiger charge is 2.13. The molecule has 19 heavy (non-hydrogen) atoms. The van der Waals surface area contributed by atoms with Crippen molar-refractivity contribution in [1.29, 1.82) is 0 Å². The minimum Gasteiger partial charge on any atom is -0.383 e. The molecule has 0 saturated carbocycles. The maximum atomic E-state index is 12.1. The minimum absolute atomic E-state index is 0.0641. The Hall–Kier alpha value is -1.46. The molecule has 1 heterocycles. The molecular formula is C14H15BrN2O2. The van der Waals surface area contributed by atoms with Gasteiger partial charge in [0.25, 0.3) is 5.91 Å². The van der Waals surface area contributed by atoms with Crippen molar-refractivity contribution in [3.05, 3.63) is 42.1 Å². The van der Waals surface area contributed by atoms with Gasteiger partial charge in [-0.3, -0.25) is 4.79 Å². The monoisotopic (exact) mass is 322 g/mol. The summed E-state index contributed by atoms with van der Waals surface area (Å²) in [7, 11) is 1.61. The molecule has 1 atom stereocenters. The lowest BCUT2D eigenvalue weighted by Crippen LogP contribution is -2.39. The molecule has 0 aliphatic rings. The van der Waals surface area contributed by atoms with E-state index in [9.17, 15) is 4.79 Å². The maximum Gasteiger partial charge on any atom is 0.270 e. The van der Waals surface area contributed by atoms with Crippen molar-refractivity contribution in [3.63, 3.8) is 0 Å². The normalized spacial score (nSPS) is 12.3. The summed E-state index contributed by atoms with van der Waals surface area (Å²) >= 11 is 3.34. The number of ether oxygens (including phenoxy) is 1. The van der Waals surface area contributed by atoms with Gasteiger partial charge in [-0.25, -0.2) is 4.98 Å². The second kappa shape index (κ2) is 6.63. The minimum atomic E-state index is -0.188. The van der Waals surface area contributed by atoms with Crippen LogP contribution in [0.15, 0.2) is 36.4 Å². The number of alkyl halides is 1. The Bertz CT molecular complexity index is 574. The highest BCUT2D eigenvalue weighted by Crippen LogP contribution is 2.11. The van der Waals surface area contributed by atoms with E-state index in [0.717, 1.165) is 10.9 Å². The Morgan fingerprint density at radius 3 is 2.89 bits per heavy atom. The van der Waals surface area contributed by atoms with Gasteiger partial charge in [0.1, 0.15) is 5.69 Å². The Morgan fingerprint density at radius 2 is 2.16 bits per heavy atom. The van der Waals surface area contributed by atoms with Crippen LogP contribution in [0.5, 0.6) is 0 Å². The predicted molar refractivity (Wildman–Crippen MR) is 78.7 cm³/mol. The van der Waals surface area contributed by atoms with E-state index in [1.165, 1.54) is 0 Å². The average molecular weight is 323 g/mol. The van der Waals surface area contributed by atoms with Crippen LogP contribution in [0.3, 0.4) is 0 Å². The number of halogens is 1. The number of hydrogen-bond acceptors (Lipinski definition) is 3. The summed E-state index contributed by atoms with van der Waals surface area (Å²) in [5.41, 5.74) is 1.23. The summed E-state index contributed by atoms with van der Waals surface area (Å²) in [4.78, 5) is 16.4. The summed E-state index contributed by atoms with van der Waals surface area (Å²) in [6, 6.07) is 11.3. The second-order valence-corrected chi connectivity index (χ2v) is 4.82. The van der Waals surface area contributed by atoms with Gasteiger partial charge in [-0.05, 0) is 12.1 Å². The van der Waals surface area contributed by atoms with E-state index >= 15 is 0 Å². The van der Waals surface area contributed by atoms with Crippen molar-refractivity contribution >= 4 is 32.7 Å². The number of carbonyl (C=O) groups is 1. The van der Waals surface area contributed by atoms with Crippen LogP contribution >= 0.6 is 15.9 Å². The number of hydrogen-bond donors (Lipinski definition) is 1. The smallest absolute Gasteiger partial charge is 0.270 e. The number of methoxy groups -OCH3 is 1. The molecule has 0 aliphatic heterocycles. The van der Waals surface area contributed by atoms with Crippen LogP contribution in [0, 0.1) is 0 Å². The fourth-order valence-electron chi connectivity index (χ4n) is 1.78. The first-order valence-electron chi connectivity index (χ1n) is 5.96. The topological polar surface area (TPSA) is 51.2 Å². The zero-order valence-corrected chi connectivity index (χ0v) is 12.2. The highest BCUT2D eigenvalue weighted by atomic mass is 79.9. The molecule has 1 aromatic carbocycles. The van der Waals surface area contributed by atoms with Gasteiger partial charge in [0.05, 0.1) is 18.2 Å². The number of nitrogens with one attached hydrogen (secondary N) is 1. The lowest BCUT2D eigenvalue weighted by atomic mass is 10.2. The summed E-state index contributed by atoms with van der Waals surface area (Å²) in [5, 5.41) is 4.54. The zero-order valence-electron chi connectivity index (χ0n) is 10.6. The largest absolute Gasteiger partial charge is 0.383 e. The van der Waals surface area contributed by atoms with Crippen LogP contribution in [0.2, 0.25) is 0 Å². The van der Waals surface area contributed by atoms with Crippen molar-refractivity contribution in [1.82, 2.24) is 10.3 Å². The van der Waals surface area contributed by atoms with Gasteiger partial charge in [0.2, 0.25) is 0 Å². The third-order valence-electron chi connectivity index (χ3n) is 2.72. The number of benzene rings is 1. The van der Waals surface area contributed by atoms with E-state index in [0.29, 0.717) is 17.6 Å². The Labute approximate surface area is 120 Å². The molecule has 1 N–H and O–H groups in total. The molecule has 2 rings (SSSR count). The van der Waals surface area contributed by atoms with Crippen LogP contribution in [-0.4, -0.2) is 36.0 Å². The summed E-state index contributed by atoms with van der Waals surface area (Å²) in [6.45, 7) is 0.463. The van der Waals surface area contributed by atoms with E-state index < -0.39 is 0 Å². The van der Waals surface area contributed by atoms with Crippen molar-refractivity contribution in [3.8, 4) is 0 Å². The van der Waals surface area contributed by atoms with Crippen LogP contribution in [-0.2, 0) is 4.74 Å². The average Bonchev–Trinajstić information content (AvgIpc) is 2.46. The lowest BCUT2D eigenvalue weighted by molar-refractivity contribution is 0.0903.